The predicted molar refractivity (Wildman–Crippen MR) is 77.0 cm³/mol. The molecule has 0 bridgehead atoms. The lowest BCUT2D eigenvalue weighted by molar-refractivity contribution is -0.385. The number of nitrogens with one attached hydrogen (secondary N) is 1. The second kappa shape index (κ2) is 5.36. The molecule has 0 aromatic carbocycles. The number of aryl methyl sites for hydroxylation is 1. The van der Waals surface area contributed by atoms with Gasteiger partial charge < -0.3 is 10.2 Å². The molecule has 0 spiro atoms. The molecule has 0 radical (unpaired) electrons. The smallest absolute Gasteiger partial charge is 0.290 e. The Hall–Kier alpha value is -1.69. The number of rotatable bonds is 3. The summed E-state index contributed by atoms with van der Waals surface area (Å²) in [5.41, 5.74) is 0.786. The highest BCUT2D eigenvalue weighted by Gasteiger charge is 2.34. The van der Waals surface area contributed by atoms with Crippen molar-refractivity contribution in [3.05, 3.63) is 27.9 Å². The third kappa shape index (κ3) is 2.35. The second-order valence-electron chi connectivity index (χ2n) is 5.69. The van der Waals surface area contributed by atoms with Gasteiger partial charge in [0.15, 0.2) is 0 Å². The van der Waals surface area contributed by atoms with E-state index >= 15 is 0 Å². The monoisotopic (exact) mass is 276 g/mol. The van der Waals surface area contributed by atoms with Crippen molar-refractivity contribution < 1.29 is 4.92 Å². The van der Waals surface area contributed by atoms with Gasteiger partial charge in [0.05, 0.1) is 4.92 Å². The Balaban J connectivity index is 1.84. The van der Waals surface area contributed by atoms with E-state index in [0.717, 1.165) is 18.9 Å². The normalized spacial score (nSPS) is 26.1. The summed E-state index contributed by atoms with van der Waals surface area (Å²) in [5.74, 6) is 0.879. The Morgan fingerprint density at radius 2 is 2.30 bits per heavy atom. The molecule has 1 aromatic rings. The maximum Gasteiger partial charge on any atom is 0.290 e. The maximum absolute atomic E-state index is 10.9. The van der Waals surface area contributed by atoms with Crippen LogP contribution in [-0.4, -0.2) is 35.1 Å². The number of hydrogen-bond acceptors (Lipinski definition) is 5. The van der Waals surface area contributed by atoms with E-state index in [0.29, 0.717) is 17.6 Å². The van der Waals surface area contributed by atoms with Crippen LogP contribution in [0.4, 0.5) is 11.5 Å². The second-order valence-corrected chi connectivity index (χ2v) is 5.69. The van der Waals surface area contributed by atoms with Crippen molar-refractivity contribution in [1.29, 1.82) is 0 Å². The summed E-state index contributed by atoms with van der Waals surface area (Å²) in [6.45, 7) is 3.87. The van der Waals surface area contributed by atoms with Crippen molar-refractivity contribution in [2.24, 2.45) is 0 Å². The van der Waals surface area contributed by atoms with Gasteiger partial charge in [-0.2, -0.15) is 0 Å². The molecule has 20 heavy (non-hydrogen) atoms. The van der Waals surface area contributed by atoms with Crippen molar-refractivity contribution >= 4 is 11.5 Å². The topological polar surface area (TPSA) is 71.3 Å². The molecule has 1 aromatic heterocycles. The fourth-order valence-electron chi connectivity index (χ4n) is 3.42. The molecule has 0 saturated carbocycles. The number of aromatic nitrogens is 1. The number of nitrogens with zero attached hydrogens (tertiary/aromatic N) is 3. The van der Waals surface area contributed by atoms with Gasteiger partial charge in [-0.15, -0.1) is 0 Å². The van der Waals surface area contributed by atoms with E-state index in [4.69, 9.17) is 0 Å². The van der Waals surface area contributed by atoms with E-state index in [2.05, 4.69) is 15.2 Å². The van der Waals surface area contributed by atoms with Crippen LogP contribution >= 0.6 is 0 Å². The van der Waals surface area contributed by atoms with Gasteiger partial charge in [0.1, 0.15) is 12.0 Å². The number of nitro groups is 1. The van der Waals surface area contributed by atoms with Crippen molar-refractivity contribution in [1.82, 2.24) is 10.3 Å². The third-order valence-electron chi connectivity index (χ3n) is 4.42. The molecule has 6 heteroatoms. The minimum atomic E-state index is -0.369. The van der Waals surface area contributed by atoms with E-state index in [1.807, 2.05) is 6.07 Å². The van der Waals surface area contributed by atoms with Crippen LogP contribution in [0.25, 0.3) is 0 Å². The van der Waals surface area contributed by atoms with Crippen LogP contribution in [0.2, 0.25) is 0 Å². The van der Waals surface area contributed by atoms with Gasteiger partial charge >= 0.3 is 0 Å². The quantitative estimate of drug-likeness (QED) is 0.675. The van der Waals surface area contributed by atoms with Gasteiger partial charge in [-0.05, 0) is 45.2 Å². The van der Waals surface area contributed by atoms with Crippen LogP contribution in [0, 0.1) is 17.0 Å². The lowest BCUT2D eigenvalue weighted by atomic mass is 10.0. The van der Waals surface area contributed by atoms with E-state index in [-0.39, 0.29) is 10.6 Å². The zero-order valence-corrected chi connectivity index (χ0v) is 11.7. The van der Waals surface area contributed by atoms with Gasteiger partial charge in [-0.1, -0.05) is 0 Å². The Bertz CT molecular complexity index is 514. The third-order valence-corrected chi connectivity index (χ3v) is 4.42. The largest absolute Gasteiger partial charge is 0.352 e. The summed E-state index contributed by atoms with van der Waals surface area (Å²) in [6.07, 6.45) is 6.19. The van der Waals surface area contributed by atoms with E-state index in [1.54, 1.807) is 6.92 Å². The Kier molecular flexibility index (Phi) is 3.56. The first-order valence-corrected chi connectivity index (χ1v) is 7.28. The minimum absolute atomic E-state index is 0.100. The van der Waals surface area contributed by atoms with Gasteiger partial charge in [0.2, 0.25) is 0 Å². The molecular weight excluding hydrogens is 256 g/mol. The molecule has 6 nitrogen and oxygen atoms in total. The minimum Gasteiger partial charge on any atom is -0.352 e. The summed E-state index contributed by atoms with van der Waals surface area (Å²) in [7, 11) is 0. The van der Waals surface area contributed by atoms with Gasteiger partial charge in [0.25, 0.3) is 5.69 Å². The van der Waals surface area contributed by atoms with Gasteiger partial charge in [0, 0.05) is 24.2 Å². The summed E-state index contributed by atoms with van der Waals surface area (Å²) in [6, 6.07) is 2.87. The Morgan fingerprint density at radius 3 is 2.95 bits per heavy atom. The first kappa shape index (κ1) is 13.3. The fourth-order valence-corrected chi connectivity index (χ4v) is 3.42. The van der Waals surface area contributed by atoms with Gasteiger partial charge in [-0.3, -0.25) is 10.1 Å². The molecule has 2 aliphatic rings. The average molecular weight is 276 g/mol. The molecule has 3 heterocycles. The molecule has 0 aliphatic carbocycles. The van der Waals surface area contributed by atoms with Crippen molar-refractivity contribution in [3.8, 4) is 0 Å². The van der Waals surface area contributed by atoms with Crippen LogP contribution in [0.1, 0.15) is 31.2 Å². The van der Waals surface area contributed by atoms with Crippen molar-refractivity contribution in [3.63, 3.8) is 0 Å². The fraction of sp³-hybridized carbons (Fsp3) is 0.643. The molecule has 108 valence electrons. The van der Waals surface area contributed by atoms with Gasteiger partial charge in [-0.25, -0.2) is 4.98 Å². The summed E-state index contributed by atoms with van der Waals surface area (Å²) < 4.78 is 0. The molecule has 3 rings (SSSR count). The molecule has 2 fully saturated rings. The molecule has 2 unspecified atom stereocenters. The zero-order valence-electron chi connectivity index (χ0n) is 11.7. The molecule has 0 amide bonds. The molecular formula is C14H20N4O2. The first-order chi connectivity index (χ1) is 9.66. The summed E-state index contributed by atoms with van der Waals surface area (Å²) >= 11 is 0. The molecule has 2 saturated heterocycles. The number of hydrogen-bond donors (Lipinski definition) is 1. The summed E-state index contributed by atoms with van der Waals surface area (Å²) in [5, 5.41) is 14.4. The van der Waals surface area contributed by atoms with Crippen LogP contribution < -0.4 is 10.2 Å². The van der Waals surface area contributed by atoms with Crippen LogP contribution in [0.3, 0.4) is 0 Å². The Labute approximate surface area is 118 Å². The summed E-state index contributed by atoms with van der Waals surface area (Å²) in [4.78, 5) is 17.1. The SMILES string of the molecule is Cc1cc(N2CCCC2C2CCCN2)ncc1[N+](=O)[O-]. The molecule has 2 atom stereocenters. The van der Waals surface area contributed by atoms with Crippen LogP contribution in [0.5, 0.6) is 0 Å². The number of anilines is 1. The van der Waals surface area contributed by atoms with E-state index in [9.17, 15) is 10.1 Å². The van der Waals surface area contributed by atoms with E-state index in [1.165, 1.54) is 31.9 Å². The molecule has 2 aliphatic heterocycles. The highest BCUT2D eigenvalue weighted by Crippen LogP contribution is 2.30. The lowest BCUT2D eigenvalue weighted by Gasteiger charge is -2.30. The highest BCUT2D eigenvalue weighted by atomic mass is 16.6. The predicted octanol–water partition coefficient (Wildman–Crippen LogP) is 2.02. The van der Waals surface area contributed by atoms with Crippen molar-refractivity contribution in [2.45, 2.75) is 44.7 Å². The van der Waals surface area contributed by atoms with Crippen LogP contribution in [0.15, 0.2) is 12.3 Å². The maximum atomic E-state index is 10.9. The number of pyridine rings is 1. The standard InChI is InChI=1S/C14H20N4O2/c1-10-8-14(16-9-13(10)18(19)20)17-7-3-5-12(17)11-4-2-6-15-11/h8-9,11-12,15H,2-7H2,1H3. The highest BCUT2D eigenvalue weighted by molar-refractivity contribution is 5.50. The van der Waals surface area contributed by atoms with E-state index < -0.39 is 0 Å². The Morgan fingerprint density at radius 1 is 1.45 bits per heavy atom. The lowest BCUT2D eigenvalue weighted by Crippen LogP contribution is -2.44. The molecule has 1 N–H and O–H groups in total. The average Bonchev–Trinajstić information content (AvgIpc) is 3.09. The first-order valence-electron chi connectivity index (χ1n) is 7.28. The van der Waals surface area contributed by atoms with Crippen molar-refractivity contribution in [2.75, 3.05) is 18.0 Å². The van der Waals surface area contributed by atoms with Crippen LogP contribution in [-0.2, 0) is 0 Å². The zero-order chi connectivity index (χ0) is 14.1.